The van der Waals surface area contributed by atoms with Gasteiger partial charge in [0, 0.05) is 0 Å². The molecule has 0 saturated heterocycles. The van der Waals surface area contributed by atoms with E-state index in [1.807, 2.05) is 0 Å². The number of hydrogen-bond acceptors (Lipinski definition) is 1. The molecule has 1 fully saturated rings. The Hall–Kier alpha value is -0.250. The van der Waals surface area contributed by atoms with Crippen molar-refractivity contribution in [3.63, 3.8) is 0 Å². The zero-order chi connectivity index (χ0) is 8.32. The van der Waals surface area contributed by atoms with E-state index in [9.17, 15) is 13.2 Å². The molecular weight excluding hydrogens is 157 g/mol. The van der Waals surface area contributed by atoms with Crippen LogP contribution >= 0.6 is 0 Å². The van der Waals surface area contributed by atoms with Gasteiger partial charge in [0.2, 0.25) is 0 Å². The van der Waals surface area contributed by atoms with Crippen molar-refractivity contribution < 1.29 is 17.9 Å². The Balaban J connectivity index is 1.87. The van der Waals surface area contributed by atoms with E-state index in [2.05, 4.69) is 11.2 Å². The van der Waals surface area contributed by atoms with Gasteiger partial charge in [-0.3, -0.25) is 4.74 Å². The molecule has 0 N–H and O–H groups in total. The highest BCUT2D eigenvalue weighted by atomic mass is 19.4. The summed E-state index contributed by atoms with van der Waals surface area (Å²) >= 11 is 0. The van der Waals surface area contributed by atoms with Gasteiger partial charge in [0.1, 0.15) is 0 Å². The molecule has 1 nitrogen and oxygen atoms in total. The van der Waals surface area contributed by atoms with Crippen molar-refractivity contribution in [1.29, 1.82) is 0 Å². The Morgan fingerprint density at radius 1 is 1.45 bits per heavy atom. The van der Waals surface area contributed by atoms with Crippen LogP contribution in [-0.2, 0) is 4.74 Å². The molecule has 1 radical (unpaired) electrons. The highest BCUT2D eigenvalue weighted by Gasteiger charge is 2.29. The summed E-state index contributed by atoms with van der Waals surface area (Å²) in [7, 11) is 0. The van der Waals surface area contributed by atoms with Gasteiger partial charge >= 0.3 is 6.36 Å². The van der Waals surface area contributed by atoms with Crippen LogP contribution in [0.15, 0.2) is 0 Å². The Morgan fingerprint density at radius 2 is 2.09 bits per heavy atom. The van der Waals surface area contributed by atoms with Crippen molar-refractivity contribution in [1.82, 2.24) is 0 Å². The smallest absolute Gasteiger partial charge is 0.292 e. The fourth-order valence-electron chi connectivity index (χ4n) is 0.865. The predicted octanol–water partition coefficient (Wildman–Crippen LogP) is 2.53. The standard InChI is InChI=1S/C7H10F3O/c8-7(9,10)11-5-1-2-6-3-4-6/h3,6H,1-2,4-5H2. The average Bonchev–Trinajstić information content (AvgIpc) is 2.60. The van der Waals surface area contributed by atoms with Crippen molar-refractivity contribution in [2.75, 3.05) is 6.61 Å². The lowest BCUT2D eigenvalue weighted by atomic mass is 10.2. The van der Waals surface area contributed by atoms with Gasteiger partial charge in [-0.05, 0) is 31.6 Å². The van der Waals surface area contributed by atoms with Gasteiger partial charge in [-0.2, -0.15) is 0 Å². The second kappa shape index (κ2) is 3.43. The molecule has 65 valence electrons. The van der Waals surface area contributed by atoms with Gasteiger partial charge in [-0.25, -0.2) is 0 Å². The van der Waals surface area contributed by atoms with E-state index in [0.717, 1.165) is 12.8 Å². The monoisotopic (exact) mass is 167 g/mol. The first kappa shape index (κ1) is 8.84. The van der Waals surface area contributed by atoms with Crippen molar-refractivity contribution in [2.24, 2.45) is 5.92 Å². The Labute approximate surface area is 63.5 Å². The fourth-order valence-corrected chi connectivity index (χ4v) is 0.865. The van der Waals surface area contributed by atoms with Crippen molar-refractivity contribution >= 4 is 0 Å². The van der Waals surface area contributed by atoms with Gasteiger partial charge in [-0.15, -0.1) is 13.2 Å². The van der Waals surface area contributed by atoms with Crippen LogP contribution in [0.25, 0.3) is 0 Å². The van der Waals surface area contributed by atoms with Crippen molar-refractivity contribution in [3.8, 4) is 0 Å². The highest BCUT2D eigenvalue weighted by molar-refractivity contribution is 4.93. The van der Waals surface area contributed by atoms with Crippen molar-refractivity contribution in [3.05, 3.63) is 6.42 Å². The Kier molecular flexibility index (Phi) is 2.76. The molecule has 11 heavy (non-hydrogen) atoms. The van der Waals surface area contributed by atoms with Gasteiger partial charge in [0.15, 0.2) is 0 Å². The van der Waals surface area contributed by atoms with E-state index in [-0.39, 0.29) is 6.61 Å². The first-order valence-corrected chi connectivity index (χ1v) is 3.62. The summed E-state index contributed by atoms with van der Waals surface area (Å²) in [6, 6.07) is 0. The Bertz CT molecular complexity index is 117. The summed E-state index contributed by atoms with van der Waals surface area (Å²) in [6.45, 7) is -0.201. The second-order valence-corrected chi connectivity index (χ2v) is 2.67. The topological polar surface area (TPSA) is 9.23 Å². The predicted molar refractivity (Wildman–Crippen MR) is 33.6 cm³/mol. The van der Waals surface area contributed by atoms with Gasteiger partial charge < -0.3 is 0 Å². The van der Waals surface area contributed by atoms with E-state index >= 15 is 0 Å². The van der Waals surface area contributed by atoms with Gasteiger partial charge in [0.25, 0.3) is 0 Å². The van der Waals surface area contributed by atoms with Crippen LogP contribution in [0.4, 0.5) is 13.2 Å². The molecule has 1 unspecified atom stereocenters. The average molecular weight is 167 g/mol. The van der Waals surface area contributed by atoms with E-state index in [0.29, 0.717) is 12.3 Å². The van der Waals surface area contributed by atoms with E-state index in [1.165, 1.54) is 0 Å². The van der Waals surface area contributed by atoms with Crippen LogP contribution in [0.5, 0.6) is 0 Å². The summed E-state index contributed by atoms with van der Waals surface area (Å²) in [5, 5.41) is 0. The van der Waals surface area contributed by atoms with E-state index < -0.39 is 6.36 Å². The molecule has 1 saturated carbocycles. The molecule has 0 aliphatic heterocycles. The molecule has 1 rings (SSSR count). The zero-order valence-corrected chi connectivity index (χ0v) is 6.03. The summed E-state index contributed by atoms with van der Waals surface area (Å²) < 4.78 is 37.7. The van der Waals surface area contributed by atoms with Gasteiger partial charge in [-0.1, -0.05) is 0 Å². The SMILES string of the molecule is FC(F)(F)OCCCC1[CH]C1. The molecule has 0 spiro atoms. The van der Waals surface area contributed by atoms with Crippen LogP contribution in [0, 0.1) is 12.3 Å². The normalized spacial score (nSPS) is 18.8. The first-order chi connectivity index (χ1) is 5.08. The summed E-state index contributed by atoms with van der Waals surface area (Å²) in [5.74, 6) is 0.562. The van der Waals surface area contributed by atoms with Gasteiger partial charge in [0.05, 0.1) is 6.61 Å². The zero-order valence-electron chi connectivity index (χ0n) is 6.03. The lowest BCUT2D eigenvalue weighted by molar-refractivity contribution is -0.324. The third kappa shape index (κ3) is 5.07. The fraction of sp³-hybridized carbons (Fsp3) is 0.857. The first-order valence-electron chi connectivity index (χ1n) is 3.62. The molecule has 0 heterocycles. The van der Waals surface area contributed by atoms with Crippen LogP contribution < -0.4 is 0 Å². The van der Waals surface area contributed by atoms with E-state index in [4.69, 9.17) is 0 Å². The Morgan fingerprint density at radius 3 is 2.55 bits per heavy atom. The lowest BCUT2D eigenvalue weighted by Gasteiger charge is -2.05. The minimum absolute atomic E-state index is 0.201. The van der Waals surface area contributed by atoms with Crippen LogP contribution in [0.1, 0.15) is 19.3 Å². The molecule has 1 aliphatic carbocycles. The number of rotatable bonds is 4. The molecule has 0 aromatic rings. The third-order valence-electron chi connectivity index (χ3n) is 1.55. The number of alkyl halides is 3. The number of ether oxygens (including phenoxy) is 1. The molecule has 0 bridgehead atoms. The number of hydrogen-bond donors (Lipinski definition) is 0. The maximum atomic E-state index is 11.4. The molecule has 0 amide bonds. The van der Waals surface area contributed by atoms with E-state index in [1.54, 1.807) is 0 Å². The van der Waals surface area contributed by atoms with Crippen LogP contribution in [-0.4, -0.2) is 13.0 Å². The van der Waals surface area contributed by atoms with Crippen LogP contribution in [0.3, 0.4) is 0 Å². The minimum atomic E-state index is -4.45. The minimum Gasteiger partial charge on any atom is -0.292 e. The molecule has 0 aromatic carbocycles. The van der Waals surface area contributed by atoms with Crippen LogP contribution in [0.2, 0.25) is 0 Å². The largest absolute Gasteiger partial charge is 0.522 e. The third-order valence-corrected chi connectivity index (χ3v) is 1.55. The molecule has 0 aromatic heterocycles. The maximum absolute atomic E-state index is 11.4. The summed E-state index contributed by atoms with van der Waals surface area (Å²) in [6.07, 6.45) is 0.0314. The molecule has 1 atom stereocenters. The summed E-state index contributed by atoms with van der Waals surface area (Å²) in [4.78, 5) is 0. The summed E-state index contributed by atoms with van der Waals surface area (Å²) in [5.41, 5.74) is 0. The number of halogens is 3. The van der Waals surface area contributed by atoms with Crippen molar-refractivity contribution in [2.45, 2.75) is 25.6 Å². The maximum Gasteiger partial charge on any atom is 0.522 e. The quantitative estimate of drug-likeness (QED) is 0.584. The molecular formula is C7H10F3O. The molecule has 1 aliphatic rings. The second-order valence-electron chi connectivity index (χ2n) is 2.67. The molecule has 4 heteroatoms. The highest BCUT2D eigenvalue weighted by Crippen LogP contribution is 2.32. The lowest BCUT2D eigenvalue weighted by Crippen LogP contribution is -2.14.